The van der Waals surface area contributed by atoms with E-state index in [1.54, 1.807) is 0 Å². The lowest BCUT2D eigenvalue weighted by Crippen LogP contribution is -2.30. The number of hydrogen-bond donors (Lipinski definition) is 0. The number of nitrogens with zero attached hydrogens (tertiary/aromatic N) is 4. The van der Waals surface area contributed by atoms with Gasteiger partial charge in [-0.25, -0.2) is 4.68 Å². The summed E-state index contributed by atoms with van der Waals surface area (Å²) in [6.45, 7) is 5.30. The Kier molecular flexibility index (Phi) is 2.65. The zero-order valence-corrected chi connectivity index (χ0v) is 10.0. The van der Waals surface area contributed by atoms with Crippen molar-refractivity contribution in [2.75, 3.05) is 13.1 Å². The fraction of sp³-hybridized carbons (Fsp3) is 0.385. The van der Waals surface area contributed by atoms with E-state index < -0.39 is 0 Å². The van der Waals surface area contributed by atoms with Crippen LogP contribution in [-0.4, -0.2) is 33.0 Å². The Labute approximate surface area is 101 Å². The van der Waals surface area contributed by atoms with E-state index in [9.17, 15) is 0 Å². The standard InChI is InChI=1S/C13H16N4/c1-2-16-9-8-13-12(10-16)14-15-17(13)11-6-4-3-5-7-11/h3-7H,2,8-10H2,1H3. The number of hydrogen-bond acceptors (Lipinski definition) is 3. The molecule has 0 fully saturated rings. The van der Waals surface area contributed by atoms with Crippen LogP contribution in [0, 0.1) is 0 Å². The highest BCUT2D eigenvalue weighted by molar-refractivity contribution is 5.33. The molecule has 0 saturated carbocycles. The fourth-order valence-corrected chi connectivity index (χ4v) is 2.31. The number of aromatic nitrogens is 3. The molecule has 17 heavy (non-hydrogen) atoms. The van der Waals surface area contributed by atoms with Gasteiger partial charge < -0.3 is 0 Å². The molecule has 3 rings (SSSR count). The first-order chi connectivity index (χ1) is 8.38. The monoisotopic (exact) mass is 228 g/mol. The Bertz CT molecular complexity index is 503. The largest absolute Gasteiger partial charge is 0.297 e. The SMILES string of the molecule is CCN1CCc2c(nnn2-c2ccccc2)C1. The Morgan fingerprint density at radius 3 is 2.82 bits per heavy atom. The maximum atomic E-state index is 4.30. The van der Waals surface area contributed by atoms with Crippen LogP contribution in [0.1, 0.15) is 18.3 Å². The molecule has 0 amide bonds. The maximum absolute atomic E-state index is 4.30. The molecule has 1 aromatic carbocycles. The normalized spacial score (nSPS) is 15.8. The number of fused-ring (bicyclic) bond motifs is 1. The highest BCUT2D eigenvalue weighted by Gasteiger charge is 2.21. The van der Waals surface area contributed by atoms with Crippen molar-refractivity contribution in [1.82, 2.24) is 19.9 Å². The third-order valence-electron chi connectivity index (χ3n) is 3.33. The smallest absolute Gasteiger partial charge is 0.100 e. The minimum atomic E-state index is 0.929. The highest BCUT2D eigenvalue weighted by atomic mass is 15.4. The average molecular weight is 228 g/mol. The van der Waals surface area contributed by atoms with E-state index in [1.807, 2.05) is 22.9 Å². The number of para-hydroxylation sites is 1. The fourth-order valence-electron chi connectivity index (χ4n) is 2.31. The van der Waals surface area contributed by atoms with Gasteiger partial charge in [-0.2, -0.15) is 0 Å². The quantitative estimate of drug-likeness (QED) is 0.783. The van der Waals surface area contributed by atoms with Crippen LogP contribution in [0.5, 0.6) is 0 Å². The lowest BCUT2D eigenvalue weighted by Gasteiger charge is -2.24. The van der Waals surface area contributed by atoms with E-state index in [0.29, 0.717) is 0 Å². The molecule has 0 spiro atoms. The molecule has 1 aromatic heterocycles. The summed E-state index contributed by atoms with van der Waals surface area (Å²) in [5.41, 5.74) is 3.49. The Balaban J connectivity index is 1.97. The first-order valence-electron chi connectivity index (χ1n) is 6.09. The molecule has 0 N–H and O–H groups in total. The van der Waals surface area contributed by atoms with Gasteiger partial charge in [-0.3, -0.25) is 4.90 Å². The van der Waals surface area contributed by atoms with Crippen molar-refractivity contribution in [3.63, 3.8) is 0 Å². The summed E-state index contributed by atoms with van der Waals surface area (Å²) >= 11 is 0. The van der Waals surface area contributed by atoms with Gasteiger partial charge in [-0.05, 0) is 18.7 Å². The second kappa shape index (κ2) is 4.30. The first kappa shape index (κ1) is 10.5. The minimum Gasteiger partial charge on any atom is -0.297 e. The molecule has 1 aliphatic heterocycles. The van der Waals surface area contributed by atoms with Gasteiger partial charge in [0.25, 0.3) is 0 Å². The molecule has 0 unspecified atom stereocenters. The molecule has 2 aromatic rings. The van der Waals surface area contributed by atoms with Crippen LogP contribution < -0.4 is 0 Å². The second-order valence-electron chi connectivity index (χ2n) is 4.35. The zero-order valence-electron chi connectivity index (χ0n) is 10.0. The Hall–Kier alpha value is -1.68. The predicted molar refractivity (Wildman–Crippen MR) is 66.0 cm³/mol. The van der Waals surface area contributed by atoms with Crippen molar-refractivity contribution in [1.29, 1.82) is 0 Å². The van der Waals surface area contributed by atoms with Crippen LogP contribution in [0.25, 0.3) is 5.69 Å². The predicted octanol–water partition coefficient (Wildman–Crippen LogP) is 1.65. The molecular formula is C13H16N4. The first-order valence-corrected chi connectivity index (χ1v) is 6.09. The van der Waals surface area contributed by atoms with Gasteiger partial charge in [0.05, 0.1) is 11.4 Å². The highest BCUT2D eigenvalue weighted by Crippen LogP contribution is 2.19. The molecule has 1 aliphatic rings. The van der Waals surface area contributed by atoms with Crippen LogP contribution in [0.2, 0.25) is 0 Å². The van der Waals surface area contributed by atoms with Crippen LogP contribution in [0.15, 0.2) is 30.3 Å². The maximum Gasteiger partial charge on any atom is 0.100 e. The van der Waals surface area contributed by atoms with Crippen LogP contribution in [-0.2, 0) is 13.0 Å². The summed E-state index contributed by atoms with van der Waals surface area (Å²) in [5.74, 6) is 0. The molecule has 0 atom stereocenters. The molecule has 4 nitrogen and oxygen atoms in total. The van der Waals surface area contributed by atoms with Crippen LogP contribution in [0.3, 0.4) is 0 Å². The summed E-state index contributed by atoms with van der Waals surface area (Å²) in [7, 11) is 0. The van der Waals surface area contributed by atoms with Gasteiger partial charge >= 0.3 is 0 Å². The summed E-state index contributed by atoms with van der Waals surface area (Å²) in [5, 5.41) is 8.58. The van der Waals surface area contributed by atoms with Gasteiger partial charge in [0.1, 0.15) is 5.69 Å². The molecule has 4 heteroatoms. The van der Waals surface area contributed by atoms with Crippen molar-refractivity contribution >= 4 is 0 Å². The van der Waals surface area contributed by atoms with E-state index in [1.165, 1.54) is 5.69 Å². The van der Waals surface area contributed by atoms with Gasteiger partial charge in [-0.15, -0.1) is 5.10 Å². The number of rotatable bonds is 2. The molecule has 88 valence electrons. The zero-order chi connectivity index (χ0) is 11.7. The summed E-state index contributed by atoms with van der Waals surface area (Å²) in [4.78, 5) is 2.40. The van der Waals surface area contributed by atoms with E-state index in [0.717, 1.165) is 37.4 Å². The van der Waals surface area contributed by atoms with E-state index in [-0.39, 0.29) is 0 Å². The van der Waals surface area contributed by atoms with Gasteiger partial charge in [0.2, 0.25) is 0 Å². The third kappa shape index (κ3) is 1.85. The third-order valence-corrected chi connectivity index (χ3v) is 3.33. The van der Waals surface area contributed by atoms with Crippen LogP contribution in [0.4, 0.5) is 0 Å². The molecule has 0 saturated heterocycles. The van der Waals surface area contributed by atoms with Crippen molar-refractivity contribution in [3.05, 3.63) is 41.7 Å². The lowest BCUT2D eigenvalue weighted by atomic mass is 10.1. The molecular weight excluding hydrogens is 212 g/mol. The summed E-state index contributed by atoms with van der Waals surface area (Å²) in [6.07, 6.45) is 1.03. The molecule has 0 radical (unpaired) electrons. The van der Waals surface area contributed by atoms with E-state index in [4.69, 9.17) is 0 Å². The molecule has 2 heterocycles. The van der Waals surface area contributed by atoms with Gasteiger partial charge in [0, 0.05) is 19.5 Å². The second-order valence-corrected chi connectivity index (χ2v) is 4.35. The van der Waals surface area contributed by atoms with Gasteiger partial charge in [0.15, 0.2) is 0 Å². The lowest BCUT2D eigenvalue weighted by molar-refractivity contribution is 0.263. The van der Waals surface area contributed by atoms with E-state index in [2.05, 4.69) is 34.3 Å². The van der Waals surface area contributed by atoms with Crippen molar-refractivity contribution in [2.24, 2.45) is 0 Å². The van der Waals surface area contributed by atoms with Crippen molar-refractivity contribution in [2.45, 2.75) is 19.9 Å². The van der Waals surface area contributed by atoms with Crippen molar-refractivity contribution < 1.29 is 0 Å². The number of benzene rings is 1. The van der Waals surface area contributed by atoms with Crippen molar-refractivity contribution in [3.8, 4) is 5.69 Å². The Morgan fingerprint density at radius 1 is 1.24 bits per heavy atom. The Morgan fingerprint density at radius 2 is 2.06 bits per heavy atom. The summed E-state index contributed by atoms with van der Waals surface area (Å²) < 4.78 is 1.97. The van der Waals surface area contributed by atoms with E-state index >= 15 is 0 Å². The number of likely N-dealkylation sites (N-methyl/N-ethyl adjacent to an activating group) is 1. The van der Waals surface area contributed by atoms with Gasteiger partial charge in [-0.1, -0.05) is 30.3 Å². The topological polar surface area (TPSA) is 34.0 Å². The average Bonchev–Trinajstić information content (AvgIpc) is 2.82. The minimum absolute atomic E-state index is 0.929. The molecule has 0 aliphatic carbocycles. The molecule has 0 bridgehead atoms. The summed E-state index contributed by atoms with van der Waals surface area (Å²) in [6, 6.07) is 10.2. The van der Waals surface area contributed by atoms with Crippen LogP contribution >= 0.6 is 0 Å².